The summed E-state index contributed by atoms with van der Waals surface area (Å²) in [5, 5.41) is 8.38. The van der Waals surface area contributed by atoms with Gasteiger partial charge in [0.25, 0.3) is 0 Å². The third kappa shape index (κ3) is 6.18. The number of thiocarbonyl (C=S) groups is 1. The second-order valence-corrected chi connectivity index (χ2v) is 7.76. The van der Waals surface area contributed by atoms with Crippen molar-refractivity contribution < 1.29 is 4.74 Å². The lowest BCUT2D eigenvalue weighted by Crippen LogP contribution is -2.43. The first-order valence-electron chi connectivity index (χ1n) is 8.34. The van der Waals surface area contributed by atoms with Gasteiger partial charge >= 0.3 is 0 Å². The number of hydrogen-bond donors (Lipinski definition) is 2. The lowest BCUT2D eigenvalue weighted by Gasteiger charge is -2.34. The van der Waals surface area contributed by atoms with Crippen molar-refractivity contribution >= 4 is 23.0 Å². The van der Waals surface area contributed by atoms with E-state index in [4.69, 9.17) is 17.0 Å². The van der Waals surface area contributed by atoms with E-state index in [9.17, 15) is 0 Å². The first kappa shape index (κ1) is 17.6. The van der Waals surface area contributed by atoms with E-state index in [1.165, 1.54) is 12.1 Å². The van der Waals surface area contributed by atoms with Crippen molar-refractivity contribution in [3.8, 4) is 0 Å². The molecule has 1 aliphatic heterocycles. The minimum absolute atomic E-state index is 0.351. The van der Waals surface area contributed by atoms with Gasteiger partial charge in [-0.3, -0.25) is 10.3 Å². The van der Waals surface area contributed by atoms with E-state index in [1.54, 1.807) is 0 Å². The molecule has 0 amide bonds. The van der Waals surface area contributed by atoms with Crippen LogP contribution in [0.15, 0.2) is 5.10 Å². The number of nitrogens with one attached hydrogen (secondary N) is 2. The predicted octanol–water partition coefficient (Wildman–Crippen LogP) is 1.98. The van der Waals surface area contributed by atoms with Crippen molar-refractivity contribution in [1.29, 1.82) is 0 Å². The Bertz CT molecular complexity index is 405. The second-order valence-electron chi connectivity index (χ2n) is 7.35. The normalized spacial score (nSPS) is 27.6. The number of hydrogen-bond acceptors (Lipinski definition) is 4. The summed E-state index contributed by atoms with van der Waals surface area (Å²) < 4.78 is 5.34. The zero-order valence-electron chi connectivity index (χ0n) is 14.2. The fourth-order valence-electron chi connectivity index (χ4n) is 3.52. The molecule has 2 fully saturated rings. The molecule has 1 aliphatic carbocycles. The van der Waals surface area contributed by atoms with E-state index in [-0.39, 0.29) is 0 Å². The van der Waals surface area contributed by atoms with Crippen LogP contribution in [0.5, 0.6) is 0 Å². The third-order valence-corrected chi connectivity index (χ3v) is 4.54. The molecule has 1 saturated carbocycles. The summed E-state index contributed by atoms with van der Waals surface area (Å²) >= 11 is 5.30. The number of ether oxygens (including phenoxy) is 1. The van der Waals surface area contributed by atoms with Crippen LogP contribution in [0.4, 0.5) is 0 Å². The van der Waals surface area contributed by atoms with Gasteiger partial charge in [-0.1, -0.05) is 20.8 Å². The summed E-state index contributed by atoms with van der Waals surface area (Å²) in [7, 11) is 0. The van der Waals surface area contributed by atoms with Crippen LogP contribution in [0.3, 0.4) is 0 Å². The fraction of sp³-hybridized carbons (Fsp3) is 0.875. The molecule has 6 heteroatoms. The van der Waals surface area contributed by atoms with Crippen molar-refractivity contribution in [2.75, 3.05) is 39.4 Å². The fourth-order valence-corrected chi connectivity index (χ4v) is 3.67. The Balaban J connectivity index is 1.67. The van der Waals surface area contributed by atoms with Gasteiger partial charge in [0.05, 0.1) is 13.2 Å². The van der Waals surface area contributed by atoms with Crippen LogP contribution in [-0.4, -0.2) is 55.1 Å². The number of hydrazone groups is 1. The van der Waals surface area contributed by atoms with Gasteiger partial charge in [-0.15, -0.1) is 0 Å². The topological polar surface area (TPSA) is 48.9 Å². The molecule has 0 spiro atoms. The second kappa shape index (κ2) is 8.22. The highest BCUT2D eigenvalue weighted by atomic mass is 32.1. The van der Waals surface area contributed by atoms with Gasteiger partial charge in [-0.05, 0) is 42.8 Å². The lowest BCUT2D eigenvalue weighted by molar-refractivity contribution is 0.0389. The minimum Gasteiger partial charge on any atom is -0.379 e. The Morgan fingerprint density at radius 3 is 2.82 bits per heavy atom. The van der Waals surface area contributed by atoms with Gasteiger partial charge in [0.15, 0.2) is 5.11 Å². The van der Waals surface area contributed by atoms with E-state index >= 15 is 0 Å². The molecule has 0 aromatic heterocycles. The average Bonchev–Trinajstić information content (AvgIpc) is 2.44. The Morgan fingerprint density at radius 1 is 1.41 bits per heavy atom. The van der Waals surface area contributed by atoms with Crippen molar-refractivity contribution in [3.05, 3.63) is 0 Å². The summed E-state index contributed by atoms with van der Waals surface area (Å²) in [5.41, 5.74) is 4.60. The van der Waals surface area contributed by atoms with Crippen LogP contribution in [0, 0.1) is 11.3 Å². The van der Waals surface area contributed by atoms with Crippen LogP contribution in [0.25, 0.3) is 0 Å². The first-order valence-corrected chi connectivity index (χ1v) is 8.75. The van der Waals surface area contributed by atoms with Crippen LogP contribution < -0.4 is 10.7 Å². The predicted molar refractivity (Wildman–Crippen MR) is 95.2 cm³/mol. The molecule has 1 saturated heterocycles. The van der Waals surface area contributed by atoms with Crippen molar-refractivity contribution in [3.63, 3.8) is 0 Å². The molecule has 1 atom stereocenters. The SMILES string of the molecule is C[C@@H]1C/C(=N/NC(=S)NCCN2CCOCC2)CC(C)(C)C1. The summed E-state index contributed by atoms with van der Waals surface area (Å²) in [6.07, 6.45) is 3.40. The highest BCUT2D eigenvalue weighted by Crippen LogP contribution is 2.36. The molecule has 2 aliphatic rings. The zero-order chi connectivity index (χ0) is 16.0. The summed E-state index contributed by atoms with van der Waals surface area (Å²) in [4.78, 5) is 2.39. The van der Waals surface area contributed by atoms with Crippen LogP contribution >= 0.6 is 12.2 Å². The maximum absolute atomic E-state index is 5.34. The molecule has 22 heavy (non-hydrogen) atoms. The molecule has 2 N–H and O–H groups in total. The van der Waals surface area contributed by atoms with Crippen molar-refractivity contribution in [1.82, 2.24) is 15.6 Å². The van der Waals surface area contributed by atoms with Gasteiger partial charge in [-0.25, -0.2) is 0 Å². The molecule has 126 valence electrons. The molecule has 5 nitrogen and oxygen atoms in total. The molecule has 0 unspecified atom stereocenters. The molecule has 1 heterocycles. The van der Waals surface area contributed by atoms with Crippen LogP contribution in [0.1, 0.15) is 40.0 Å². The van der Waals surface area contributed by atoms with Gasteiger partial charge in [0.1, 0.15) is 0 Å². The molecule has 0 bridgehead atoms. The minimum atomic E-state index is 0.351. The molecular formula is C16H30N4OS. The summed E-state index contributed by atoms with van der Waals surface area (Å²) in [6.45, 7) is 12.5. The van der Waals surface area contributed by atoms with E-state index in [1.807, 2.05) is 0 Å². The van der Waals surface area contributed by atoms with E-state index in [2.05, 4.69) is 41.5 Å². The van der Waals surface area contributed by atoms with Gasteiger partial charge in [0.2, 0.25) is 0 Å². The van der Waals surface area contributed by atoms with E-state index in [0.717, 1.165) is 52.2 Å². The third-order valence-electron chi connectivity index (χ3n) is 4.30. The highest BCUT2D eigenvalue weighted by Gasteiger charge is 2.29. The largest absolute Gasteiger partial charge is 0.379 e. The molecular weight excluding hydrogens is 296 g/mol. The van der Waals surface area contributed by atoms with E-state index < -0.39 is 0 Å². The quantitative estimate of drug-likeness (QED) is 0.611. The maximum Gasteiger partial charge on any atom is 0.186 e. The highest BCUT2D eigenvalue weighted by molar-refractivity contribution is 7.80. The Morgan fingerprint density at radius 2 is 2.14 bits per heavy atom. The standard InChI is InChI=1S/C16H30N4OS/c1-13-10-14(12-16(2,3)11-13)18-19-15(22)17-4-5-20-6-8-21-9-7-20/h13H,4-12H2,1-3H3,(H2,17,19,22)/b18-14-/t13-/m1/s1. The molecule has 0 radical (unpaired) electrons. The smallest absolute Gasteiger partial charge is 0.186 e. The van der Waals surface area contributed by atoms with Crippen molar-refractivity contribution in [2.45, 2.75) is 40.0 Å². The number of nitrogens with zero attached hydrogens (tertiary/aromatic N) is 2. The Kier molecular flexibility index (Phi) is 6.59. The maximum atomic E-state index is 5.34. The van der Waals surface area contributed by atoms with Crippen LogP contribution in [0.2, 0.25) is 0 Å². The summed E-state index contributed by atoms with van der Waals surface area (Å²) in [6, 6.07) is 0. The number of morpholine rings is 1. The monoisotopic (exact) mass is 326 g/mol. The lowest BCUT2D eigenvalue weighted by atomic mass is 9.72. The van der Waals surface area contributed by atoms with Crippen LogP contribution in [-0.2, 0) is 4.74 Å². The van der Waals surface area contributed by atoms with Gasteiger partial charge < -0.3 is 10.1 Å². The average molecular weight is 327 g/mol. The Labute approximate surface area is 139 Å². The van der Waals surface area contributed by atoms with Crippen molar-refractivity contribution in [2.24, 2.45) is 16.4 Å². The zero-order valence-corrected chi connectivity index (χ0v) is 15.0. The molecule has 0 aromatic carbocycles. The molecule has 0 aromatic rings. The number of rotatable bonds is 4. The summed E-state index contributed by atoms with van der Waals surface area (Å²) in [5.74, 6) is 0.701. The van der Waals surface area contributed by atoms with E-state index in [0.29, 0.717) is 16.4 Å². The molecule has 2 rings (SSSR count). The van der Waals surface area contributed by atoms with Gasteiger partial charge in [0, 0.05) is 31.9 Å². The Hall–Kier alpha value is -0.720. The van der Waals surface area contributed by atoms with Gasteiger partial charge in [-0.2, -0.15) is 5.10 Å². The first-order chi connectivity index (χ1) is 10.4.